The highest BCUT2D eigenvalue weighted by molar-refractivity contribution is 14.0. The van der Waals surface area contributed by atoms with Crippen LogP contribution in [-0.4, -0.2) is 70.3 Å². The normalized spacial score (nSPS) is 19.5. The summed E-state index contributed by atoms with van der Waals surface area (Å²) in [5, 5.41) is 3.45. The summed E-state index contributed by atoms with van der Waals surface area (Å²) in [5.74, 6) is 2.46. The van der Waals surface area contributed by atoms with E-state index in [-0.39, 0.29) is 30.0 Å². The van der Waals surface area contributed by atoms with Crippen molar-refractivity contribution < 1.29 is 9.15 Å². The van der Waals surface area contributed by atoms with Crippen molar-refractivity contribution in [1.82, 2.24) is 15.1 Å². The predicted octanol–water partition coefficient (Wildman–Crippen LogP) is 2.04. The van der Waals surface area contributed by atoms with Gasteiger partial charge >= 0.3 is 0 Å². The van der Waals surface area contributed by atoms with E-state index >= 15 is 0 Å². The standard InChI is InChI=1S/C16H28N4O2.HI/c1-17-16(20(4)11-13-7-9-21-12-13)18-10-14(19(2)3)15-6-5-8-22-15;/h5-6,8,13-14H,7,9-12H2,1-4H3,(H,17,18);1H. The van der Waals surface area contributed by atoms with E-state index in [4.69, 9.17) is 9.15 Å². The Morgan fingerprint density at radius 2 is 2.22 bits per heavy atom. The van der Waals surface area contributed by atoms with Gasteiger partial charge in [0.25, 0.3) is 0 Å². The van der Waals surface area contributed by atoms with Crippen LogP contribution in [-0.2, 0) is 4.74 Å². The van der Waals surface area contributed by atoms with Gasteiger partial charge in [-0.15, -0.1) is 24.0 Å². The van der Waals surface area contributed by atoms with Crippen LogP contribution in [0.2, 0.25) is 0 Å². The number of halogens is 1. The Morgan fingerprint density at radius 1 is 1.43 bits per heavy atom. The van der Waals surface area contributed by atoms with Crippen molar-refractivity contribution in [2.45, 2.75) is 12.5 Å². The topological polar surface area (TPSA) is 53.2 Å². The number of guanidine groups is 1. The van der Waals surface area contributed by atoms with Crippen LogP contribution >= 0.6 is 24.0 Å². The number of aliphatic imine (C=N–C) groups is 1. The monoisotopic (exact) mass is 436 g/mol. The van der Waals surface area contributed by atoms with Crippen LogP contribution in [0.3, 0.4) is 0 Å². The van der Waals surface area contributed by atoms with E-state index in [1.54, 1.807) is 6.26 Å². The molecule has 2 unspecified atom stereocenters. The maximum Gasteiger partial charge on any atom is 0.193 e. The van der Waals surface area contributed by atoms with E-state index < -0.39 is 0 Å². The van der Waals surface area contributed by atoms with Gasteiger partial charge in [-0.2, -0.15) is 0 Å². The number of hydrogen-bond acceptors (Lipinski definition) is 4. The molecule has 0 aromatic carbocycles. The summed E-state index contributed by atoms with van der Waals surface area (Å²) in [6, 6.07) is 4.11. The third-order valence-electron chi connectivity index (χ3n) is 4.08. The molecule has 0 saturated carbocycles. The van der Waals surface area contributed by atoms with Crippen molar-refractivity contribution in [3.8, 4) is 0 Å². The molecule has 1 aromatic rings. The molecule has 1 aromatic heterocycles. The predicted molar refractivity (Wildman–Crippen MR) is 103 cm³/mol. The fourth-order valence-electron chi connectivity index (χ4n) is 2.79. The highest BCUT2D eigenvalue weighted by Gasteiger charge is 2.21. The number of rotatable bonds is 6. The molecule has 0 aliphatic carbocycles. The van der Waals surface area contributed by atoms with E-state index in [0.29, 0.717) is 5.92 Å². The van der Waals surface area contributed by atoms with Crippen molar-refractivity contribution in [2.24, 2.45) is 10.9 Å². The summed E-state index contributed by atoms with van der Waals surface area (Å²) < 4.78 is 11.0. The number of likely N-dealkylation sites (N-methyl/N-ethyl adjacent to an activating group) is 1. The van der Waals surface area contributed by atoms with Gasteiger partial charge in [0.1, 0.15) is 5.76 Å². The zero-order valence-electron chi connectivity index (χ0n) is 14.5. The molecular formula is C16H29IN4O2. The molecule has 0 spiro atoms. The molecule has 2 rings (SSSR count). The molecule has 1 fully saturated rings. The molecule has 0 radical (unpaired) electrons. The van der Waals surface area contributed by atoms with E-state index in [1.807, 2.05) is 19.2 Å². The molecule has 0 bridgehead atoms. The lowest BCUT2D eigenvalue weighted by molar-refractivity contribution is 0.181. The summed E-state index contributed by atoms with van der Waals surface area (Å²) in [7, 11) is 8.00. The summed E-state index contributed by atoms with van der Waals surface area (Å²) in [6.07, 6.45) is 2.85. The van der Waals surface area contributed by atoms with Gasteiger partial charge < -0.3 is 19.4 Å². The third-order valence-corrected chi connectivity index (χ3v) is 4.08. The van der Waals surface area contributed by atoms with Crippen molar-refractivity contribution in [2.75, 3.05) is 54.5 Å². The number of ether oxygens (including phenoxy) is 1. The fraction of sp³-hybridized carbons (Fsp3) is 0.688. The fourth-order valence-corrected chi connectivity index (χ4v) is 2.79. The largest absolute Gasteiger partial charge is 0.468 e. The van der Waals surface area contributed by atoms with Crippen LogP contribution in [0, 0.1) is 5.92 Å². The lowest BCUT2D eigenvalue weighted by Gasteiger charge is -2.28. The van der Waals surface area contributed by atoms with Crippen molar-refractivity contribution >= 4 is 29.9 Å². The Labute approximate surface area is 156 Å². The molecular weight excluding hydrogens is 407 g/mol. The first-order chi connectivity index (χ1) is 10.6. The molecule has 2 atom stereocenters. The van der Waals surface area contributed by atoms with E-state index in [2.05, 4.69) is 41.3 Å². The second-order valence-corrected chi connectivity index (χ2v) is 6.03. The average molecular weight is 436 g/mol. The van der Waals surface area contributed by atoms with E-state index in [9.17, 15) is 0 Å². The Morgan fingerprint density at radius 3 is 2.74 bits per heavy atom. The molecule has 7 heteroatoms. The lowest BCUT2D eigenvalue weighted by Crippen LogP contribution is -2.44. The smallest absolute Gasteiger partial charge is 0.193 e. The first-order valence-electron chi connectivity index (χ1n) is 7.81. The van der Waals surface area contributed by atoms with Crippen LogP contribution in [0.1, 0.15) is 18.2 Å². The Kier molecular flexibility index (Phi) is 8.93. The van der Waals surface area contributed by atoms with E-state index in [1.165, 1.54) is 0 Å². The molecule has 0 amide bonds. The molecule has 23 heavy (non-hydrogen) atoms. The van der Waals surface area contributed by atoms with Crippen LogP contribution in [0.15, 0.2) is 27.8 Å². The Bertz CT molecular complexity index is 459. The van der Waals surface area contributed by atoms with E-state index in [0.717, 1.165) is 44.4 Å². The number of hydrogen-bond donors (Lipinski definition) is 1. The quantitative estimate of drug-likeness (QED) is 0.420. The van der Waals surface area contributed by atoms with Gasteiger partial charge in [-0.05, 0) is 32.6 Å². The average Bonchev–Trinajstić information content (AvgIpc) is 3.16. The third kappa shape index (κ3) is 5.96. The highest BCUT2D eigenvalue weighted by Crippen LogP contribution is 2.18. The van der Waals surface area contributed by atoms with Crippen LogP contribution in [0.25, 0.3) is 0 Å². The lowest BCUT2D eigenvalue weighted by atomic mass is 10.1. The molecule has 2 heterocycles. The summed E-state index contributed by atoms with van der Waals surface area (Å²) >= 11 is 0. The Hall–Kier alpha value is -0.800. The minimum atomic E-state index is 0. The maximum absolute atomic E-state index is 5.54. The van der Waals surface area contributed by atoms with Crippen LogP contribution in [0.4, 0.5) is 0 Å². The molecule has 1 saturated heterocycles. The SMILES string of the molecule is CN=C(NCC(c1ccco1)N(C)C)N(C)CC1CCOC1.I. The zero-order chi connectivity index (χ0) is 15.9. The van der Waals surface area contributed by atoms with Gasteiger partial charge in [-0.25, -0.2) is 0 Å². The second kappa shape index (κ2) is 10.1. The van der Waals surface area contributed by atoms with Gasteiger partial charge in [-0.3, -0.25) is 9.89 Å². The van der Waals surface area contributed by atoms with Crippen LogP contribution < -0.4 is 5.32 Å². The first-order valence-corrected chi connectivity index (χ1v) is 7.81. The summed E-state index contributed by atoms with van der Waals surface area (Å²) in [4.78, 5) is 8.70. The van der Waals surface area contributed by atoms with Crippen molar-refractivity contribution in [1.29, 1.82) is 0 Å². The molecule has 1 aliphatic heterocycles. The first kappa shape index (κ1) is 20.2. The Balaban J connectivity index is 0.00000264. The molecule has 1 N–H and O–H groups in total. The van der Waals surface area contributed by atoms with Crippen LogP contribution in [0.5, 0.6) is 0 Å². The molecule has 6 nitrogen and oxygen atoms in total. The number of nitrogens with zero attached hydrogens (tertiary/aromatic N) is 3. The maximum atomic E-state index is 5.54. The number of nitrogens with one attached hydrogen (secondary N) is 1. The van der Waals surface area contributed by atoms with Crippen molar-refractivity contribution in [3.63, 3.8) is 0 Å². The van der Waals surface area contributed by atoms with Gasteiger partial charge in [-0.1, -0.05) is 0 Å². The molecule has 132 valence electrons. The van der Waals surface area contributed by atoms with Gasteiger partial charge in [0.05, 0.1) is 18.9 Å². The summed E-state index contributed by atoms with van der Waals surface area (Å²) in [5.41, 5.74) is 0. The van der Waals surface area contributed by atoms with Gasteiger partial charge in [0, 0.05) is 39.7 Å². The highest BCUT2D eigenvalue weighted by atomic mass is 127. The molecule has 1 aliphatic rings. The minimum absolute atomic E-state index is 0. The summed E-state index contributed by atoms with van der Waals surface area (Å²) in [6.45, 7) is 3.45. The minimum Gasteiger partial charge on any atom is -0.468 e. The van der Waals surface area contributed by atoms with Gasteiger partial charge in [0.15, 0.2) is 5.96 Å². The zero-order valence-corrected chi connectivity index (χ0v) is 16.8. The van der Waals surface area contributed by atoms with Crippen molar-refractivity contribution in [3.05, 3.63) is 24.2 Å². The second-order valence-electron chi connectivity index (χ2n) is 6.03. The van der Waals surface area contributed by atoms with Gasteiger partial charge in [0.2, 0.25) is 0 Å². The number of furan rings is 1.